The van der Waals surface area contributed by atoms with Gasteiger partial charge in [-0.1, -0.05) is 89.5 Å². The number of rotatable bonds is 0. The minimum atomic E-state index is 0.173. The van der Waals surface area contributed by atoms with Crippen molar-refractivity contribution in [2.45, 2.75) is 52.4 Å². The van der Waals surface area contributed by atoms with Crippen LogP contribution in [-0.4, -0.2) is 0 Å². The first-order chi connectivity index (χ1) is 12.2. The maximum atomic E-state index is 3.14. The summed E-state index contributed by atoms with van der Waals surface area (Å²) in [6.45, 7) is 13.3. The highest BCUT2D eigenvalue weighted by molar-refractivity contribution is 5.43. The molecule has 0 heteroatoms. The Bertz CT molecular complexity index is 792. The van der Waals surface area contributed by atoms with Crippen molar-refractivity contribution < 1.29 is 0 Å². The van der Waals surface area contributed by atoms with Crippen LogP contribution in [0.3, 0.4) is 0 Å². The highest BCUT2D eigenvalue weighted by Crippen LogP contribution is 2.22. The second-order valence-corrected chi connectivity index (χ2v) is 8.53. The van der Waals surface area contributed by atoms with Gasteiger partial charge in [0.2, 0.25) is 0 Å². The molecule has 0 amide bonds. The molecule has 0 aliphatic heterocycles. The van der Waals surface area contributed by atoms with Gasteiger partial charge in [0.05, 0.1) is 0 Å². The van der Waals surface area contributed by atoms with E-state index < -0.39 is 0 Å². The molecule has 2 rings (SSSR count). The predicted octanol–water partition coefficient (Wildman–Crippen LogP) is 6.24. The molecule has 0 heterocycles. The molecule has 0 bridgehead atoms. The molecule has 0 unspecified atom stereocenters. The molecule has 0 aliphatic carbocycles. The van der Waals surface area contributed by atoms with Crippen LogP contribution in [0.15, 0.2) is 60.7 Å². The zero-order valence-corrected chi connectivity index (χ0v) is 16.8. The third-order valence-electron chi connectivity index (χ3n) is 4.18. The van der Waals surface area contributed by atoms with Crippen molar-refractivity contribution in [3.05, 3.63) is 82.9 Å². The van der Waals surface area contributed by atoms with E-state index in [4.69, 9.17) is 0 Å². The van der Waals surface area contributed by atoms with Crippen LogP contribution < -0.4 is 0 Å². The first-order valence-electron chi connectivity index (χ1n) is 9.05. The monoisotopic (exact) mass is 340 g/mol. The van der Waals surface area contributed by atoms with Gasteiger partial charge in [-0.3, -0.25) is 0 Å². The first-order valence-corrected chi connectivity index (χ1v) is 9.05. The Labute approximate surface area is 159 Å². The minimum absolute atomic E-state index is 0.173. The van der Waals surface area contributed by atoms with E-state index in [1.807, 2.05) is 0 Å². The maximum Gasteiger partial charge on any atom is 0.0249 e. The first kappa shape index (κ1) is 19.6. The van der Waals surface area contributed by atoms with E-state index in [-0.39, 0.29) is 10.8 Å². The lowest BCUT2D eigenvalue weighted by molar-refractivity contribution is 0.590. The predicted molar refractivity (Wildman–Crippen MR) is 113 cm³/mol. The van der Waals surface area contributed by atoms with Crippen LogP contribution in [0.4, 0.5) is 0 Å². The fourth-order valence-corrected chi connectivity index (χ4v) is 2.44. The molecule has 0 atom stereocenters. The summed E-state index contributed by atoms with van der Waals surface area (Å²) in [7, 11) is 0. The average molecular weight is 341 g/mol. The summed E-state index contributed by atoms with van der Waals surface area (Å²) in [4.78, 5) is 0. The Hall–Kier alpha value is -2.70. The third-order valence-corrected chi connectivity index (χ3v) is 4.18. The molecule has 132 valence electrons. The topological polar surface area (TPSA) is 0 Å². The Balaban J connectivity index is 1.97. The molecule has 0 N–H and O–H groups in total. The fourth-order valence-electron chi connectivity index (χ4n) is 2.44. The summed E-state index contributed by atoms with van der Waals surface area (Å²) in [5.41, 5.74) is 5.03. The number of hydrogen-bond donors (Lipinski definition) is 0. The summed E-state index contributed by atoms with van der Waals surface area (Å²) < 4.78 is 0. The fraction of sp³-hybridized carbons (Fsp3) is 0.308. The molecule has 0 aliphatic rings. The highest BCUT2D eigenvalue weighted by atomic mass is 14.2. The molecule has 26 heavy (non-hydrogen) atoms. The van der Waals surface area contributed by atoms with Crippen LogP contribution in [0.5, 0.6) is 0 Å². The molecular formula is C26H28. The van der Waals surface area contributed by atoms with E-state index >= 15 is 0 Å². The zero-order chi connectivity index (χ0) is 19.2. The Morgan fingerprint density at radius 2 is 0.846 bits per heavy atom. The van der Waals surface area contributed by atoms with Crippen LogP contribution in [0.1, 0.15) is 63.8 Å². The van der Waals surface area contributed by atoms with E-state index in [0.29, 0.717) is 0 Å². The van der Waals surface area contributed by atoms with E-state index in [2.05, 4.69) is 114 Å². The lowest BCUT2D eigenvalue weighted by Crippen LogP contribution is -2.10. The number of hydrogen-bond acceptors (Lipinski definition) is 0. The maximum absolute atomic E-state index is 3.14. The smallest absolute Gasteiger partial charge is 0.0249 e. The summed E-state index contributed by atoms with van der Waals surface area (Å²) in [5.74, 6) is 12.4. The molecule has 0 saturated heterocycles. The number of benzene rings is 2. The summed E-state index contributed by atoms with van der Waals surface area (Å²) >= 11 is 0. The molecular weight excluding hydrogens is 312 g/mol. The standard InChI is InChI=1S/C26H28/c1-25(2,3)23-17-13-21(14-18-23)11-9-7-8-10-12-22-15-19-24(20-16-22)26(4,5)6/h7-8,13-20H,1-6H3/b8-7-. The van der Waals surface area contributed by atoms with E-state index in [0.717, 1.165) is 11.1 Å². The van der Waals surface area contributed by atoms with Gasteiger partial charge in [0.25, 0.3) is 0 Å². The molecule has 0 aromatic heterocycles. The van der Waals surface area contributed by atoms with E-state index in [9.17, 15) is 0 Å². The van der Waals surface area contributed by atoms with Gasteiger partial charge in [0.1, 0.15) is 0 Å². The van der Waals surface area contributed by atoms with Crippen molar-refractivity contribution in [3.63, 3.8) is 0 Å². The van der Waals surface area contributed by atoms with Gasteiger partial charge in [0, 0.05) is 11.1 Å². The SMILES string of the molecule is CC(C)(C)c1ccc(C#C/C=C\C#Cc2ccc(C(C)(C)C)cc2)cc1. The molecule has 0 radical (unpaired) electrons. The van der Waals surface area contributed by atoms with Crippen LogP contribution in [0.25, 0.3) is 0 Å². The normalized spacial score (nSPS) is 11.5. The lowest BCUT2D eigenvalue weighted by atomic mass is 9.87. The summed E-state index contributed by atoms with van der Waals surface area (Å²) in [6.07, 6.45) is 3.60. The third kappa shape index (κ3) is 5.98. The quantitative estimate of drug-likeness (QED) is 0.498. The van der Waals surface area contributed by atoms with Gasteiger partial charge in [0.15, 0.2) is 0 Å². The molecule has 2 aromatic carbocycles. The van der Waals surface area contributed by atoms with Crippen molar-refractivity contribution in [2.75, 3.05) is 0 Å². The average Bonchev–Trinajstić information content (AvgIpc) is 2.57. The molecule has 2 aromatic rings. The van der Waals surface area contributed by atoms with Crippen LogP contribution in [0, 0.1) is 23.7 Å². The van der Waals surface area contributed by atoms with Crippen molar-refractivity contribution in [1.29, 1.82) is 0 Å². The van der Waals surface area contributed by atoms with Gasteiger partial charge in [-0.15, -0.1) is 0 Å². The van der Waals surface area contributed by atoms with Gasteiger partial charge in [-0.25, -0.2) is 0 Å². The summed E-state index contributed by atoms with van der Waals surface area (Å²) in [6, 6.07) is 16.9. The number of allylic oxidation sites excluding steroid dienone is 2. The highest BCUT2D eigenvalue weighted by Gasteiger charge is 2.13. The van der Waals surface area contributed by atoms with Gasteiger partial charge in [-0.05, 0) is 58.4 Å². The van der Waals surface area contributed by atoms with Crippen LogP contribution >= 0.6 is 0 Å². The van der Waals surface area contributed by atoms with Crippen LogP contribution in [-0.2, 0) is 10.8 Å². The zero-order valence-electron chi connectivity index (χ0n) is 16.8. The van der Waals surface area contributed by atoms with E-state index in [1.165, 1.54) is 11.1 Å². The second-order valence-electron chi connectivity index (χ2n) is 8.53. The minimum Gasteiger partial charge on any atom is -0.0689 e. The molecule has 0 spiro atoms. The van der Waals surface area contributed by atoms with Crippen molar-refractivity contribution in [1.82, 2.24) is 0 Å². The van der Waals surface area contributed by atoms with Crippen molar-refractivity contribution in [2.24, 2.45) is 0 Å². The Morgan fingerprint density at radius 3 is 1.12 bits per heavy atom. The lowest BCUT2D eigenvalue weighted by Gasteiger charge is -2.18. The second kappa shape index (κ2) is 8.12. The van der Waals surface area contributed by atoms with Crippen LogP contribution in [0.2, 0.25) is 0 Å². The molecule has 0 saturated carbocycles. The van der Waals surface area contributed by atoms with Gasteiger partial charge in [-0.2, -0.15) is 0 Å². The molecule has 0 nitrogen and oxygen atoms in total. The van der Waals surface area contributed by atoms with E-state index in [1.54, 1.807) is 12.2 Å². The largest absolute Gasteiger partial charge is 0.0689 e. The van der Waals surface area contributed by atoms with Gasteiger partial charge >= 0.3 is 0 Å². The van der Waals surface area contributed by atoms with Crippen molar-refractivity contribution >= 4 is 0 Å². The summed E-state index contributed by atoms with van der Waals surface area (Å²) in [5, 5.41) is 0. The molecule has 0 fully saturated rings. The van der Waals surface area contributed by atoms with Gasteiger partial charge < -0.3 is 0 Å². The Morgan fingerprint density at radius 1 is 0.538 bits per heavy atom. The Kier molecular flexibility index (Phi) is 6.13. The van der Waals surface area contributed by atoms with Crippen molar-refractivity contribution in [3.8, 4) is 23.7 Å².